The summed E-state index contributed by atoms with van der Waals surface area (Å²) in [7, 11) is 3.05. The molecule has 3 aromatic rings. The van der Waals surface area contributed by atoms with Crippen LogP contribution in [-0.2, 0) is 4.79 Å². The number of allylic oxidation sites excluding steroid dienone is 1. The Morgan fingerprint density at radius 1 is 0.917 bits per heavy atom. The lowest BCUT2D eigenvalue weighted by molar-refractivity contribution is -0.134. The van der Waals surface area contributed by atoms with Crippen molar-refractivity contribution in [1.82, 2.24) is 4.90 Å². The number of carbonyl (C=O) groups is 3. The smallest absolute Gasteiger partial charge is 0.312 e. The molecule has 0 radical (unpaired) electrons. The van der Waals surface area contributed by atoms with Crippen LogP contribution in [0.15, 0.2) is 66.7 Å². The van der Waals surface area contributed by atoms with Gasteiger partial charge < -0.3 is 14.2 Å². The Kier molecular flexibility index (Phi) is 7.12. The molecule has 0 unspecified atom stereocenters. The summed E-state index contributed by atoms with van der Waals surface area (Å²) in [6, 6.07) is 20.6. The van der Waals surface area contributed by atoms with Crippen LogP contribution in [-0.4, -0.2) is 43.4 Å². The van der Waals surface area contributed by atoms with E-state index in [0.717, 1.165) is 4.90 Å². The summed E-state index contributed by atoms with van der Waals surface area (Å²) in [5, 5.41) is 9.69. The molecule has 0 N–H and O–H groups in total. The number of imide groups is 1. The second-order valence-electron chi connectivity index (χ2n) is 7.84. The molecule has 1 aliphatic rings. The van der Waals surface area contributed by atoms with Gasteiger partial charge in [0.1, 0.15) is 5.75 Å². The van der Waals surface area contributed by atoms with Gasteiger partial charge in [0.15, 0.2) is 11.5 Å². The molecular weight excluding hydrogens is 460 g/mol. The maximum absolute atomic E-state index is 12.5. The van der Waals surface area contributed by atoms with Crippen LogP contribution in [0, 0.1) is 11.3 Å². The topological polar surface area (TPSA) is 106 Å². The second kappa shape index (κ2) is 10.6. The normalized spacial score (nSPS) is 12.7. The molecule has 2 amide bonds. The highest BCUT2D eigenvalue weighted by Gasteiger charge is 2.35. The van der Waals surface area contributed by atoms with Gasteiger partial charge in [0.05, 0.1) is 43.4 Å². The maximum atomic E-state index is 12.5. The third-order valence-electron chi connectivity index (χ3n) is 5.63. The van der Waals surface area contributed by atoms with Crippen molar-refractivity contribution in [2.45, 2.75) is 6.42 Å². The van der Waals surface area contributed by atoms with Gasteiger partial charge >= 0.3 is 5.97 Å². The number of hydrogen-bond donors (Lipinski definition) is 0. The summed E-state index contributed by atoms with van der Waals surface area (Å²) in [4.78, 5) is 38.4. The van der Waals surface area contributed by atoms with Gasteiger partial charge in [-0.25, -0.2) is 0 Å². The van der Waals surface area contributed by atoms with Crippen molar-refractivity contribution in [2.24, 2.45) is 0 Å². The van der Waals surface area contributed by atoms with E-state index in [1.807, 2.05) is 0 Å². The van der Waals surface area contributed by atoms with E-state index >= 15 is 0 Å². The molecule has 0 fully saturated rings. The minimum absolute atomic E-state index is 0.0807. The summed E-state index contributed by atoms with van der Waals surface area (Å²) < 4.78 is 16.0. The van der Waals surface area contributed by atoms with Crippen LogP contribution in [0.25, 0.3) is 11.6 Å². The fourth-order valence-electron chi connectivity index (χ4n) is 3.85. The molecule has 8 nitrogen and oxygen atoms in total. The number of amides is 2. The fraction of sp³-hybridized carbons (Fsp3) is 0.143. The number of ether oxygens (including phenoxy) is 3. The number of benzene rings is 3. The molecule has 36 heavy (non-hydrogen) atoms. The van der Waals surface area contributed by atoms with Gasteiger partial charge in [-0.05, 0) is 59.7 Å². The molecule has 180 valence electrons. The predicted octanol–water partition coefficient (Wildman–Crippen LogP) is 4.36. The highest BCUT2D eigenvalue weighted by molar-refractivity contribution is 6.21. The summed E-state index contributed by atoms with van der Waals surface area (Å²) >= 11 is 0. The van der Waals surface area contributed by atoms with Crippen LogP contribution in [0.5, 0.6) is 17.2 Å². The Bertz CT molecular complexity index is 1380. The quantitative estimate of drug-likeness (QED) is 0.154. The molecule has 1 aliphatic heterocycles. The van der Waals surface area contributed by atoms with Gasteiger partial charge in [0.25, 0.3) is 11.8 Å². The summed E-state index contributed by atoms with van der Waals surface area (Å²) in [5.41, 5.74) is 2.33. The lowest BCUT2D eigenvalue weighted by atomic mass is 10.0. The van der Waals surface area contributed by atoms with E-state index < -0.39 is 17.8 Å². The van der Waals surface area contributed by atoms with Gasteiger partial charge in [-0.15, -0.1) is 0 Å². The van der Waals surface area contributed by atoms with E-state index in [1.54, 1.807) is 72.8 Å². The zero-order chi connectivity index (χ0) is 25.7. The molecule has 1 heterocycles. The molecule has 0 bridgehead atoms. The first-order valence-electron chi connectivity index (χ1n) is 11.1. The molecule has 8 heteroatoms. The monoisotopic (exact) mass is 482 g/mol. The predicted molar refractivity (Wildman–Crippen MR) is 132 cm³/mol. The van der Waals surface area contributed by atoms with Crippen LogP contribution in [0.3, 0.4) is 0 Å². The first-order chi connectivity index (χ1) is 17.4. The number of hydrogen-bond acceptors (Lipinski definition) is 7. The van der Waals surface area contributed by atoms with Gasteiger partial charge in [-0.1, -0.05) is 24.3 Å². The number of fused-ring (bicyclic) bond motifs is 1. The van der Waals surface area contributed by atoms with Crippen molar-refractivity contribution in [3.05, 3.63) is 89.0 Å². The largest absolute Gasteiger partial charge is 0.493 e. The number of nitriles is 1. The molecule has 0 spiro atoms. The molecular formula is C28H22N2O6. The third kappa shape index (κ3) is 4.95. The van der Waals surface area contributed by atoms with Crippen LogP contribution < -0.4 is 14.2 Å². The van der Waals surface area contributed by atoms with E-state index in [4.69, 9.17) is 14.2 Å². The Morgan fingerprint density at radius 2 is 1.61 bits per heavy atom. The minimum atomic E-state index is -0.590. The highest BCUT2D eigenvalue weighted by Crippen LogP contribution is 2.31. The molecule has 0 saturated carbocycles. The van der Waals surface area contributed by atoms with E-state index in [0.29, 0.717) is 39.3 Å². The first-order valence-corrected chi connectivity index (χ1v) is 11.1. The van der Waals surface area contributed by atoms with Crippen molar-refractivity contribution in [1.29, 1.82) is 5.26 Å². The number of rotatable bonds is 8. The average molecular weight is 482 g/mol. The molecule has 0 aliphatic carbocycles. The van der Waals surface area contributed by atoms with Crippen molar-refractivity contribution >= 4 is 29.4 Å². The highest BCUT2D eigenvalue weighted by atomic mass is 16.5. The molecule has 0 saturated heterocycles. The standard InChI is InChI=1S/C28H22N2O6/c1-34-24-11-10-19(16-25(24)35-2)20(17-29)14-18-6-5-7-21(15-18)36-26(31)12-13-30-27(32)22-8-3-4-9-23(22)28(30)33/h3-11,14-16H,12-13H2,1-2H3/b20-14-. The van der Waals surface area contributed by atoms with Crippen LogP contribution in [0.4, 0.5) is 0 Å². The second-order valence-corrected chi connectivity index (χ2v) is 7.84. The molecule has 3 aromatic carbocycles. The Morgan fingerprint density at radius 3 is 2.25 bits per heavy atom. The Hall–Kier alpha value is -4.90. The lowest BCUT2D eigenvalue weighted by Crippen LogP contribution is -2.32. The Balaban J connectivity index is 1.43. The lowest BCUT2D eigenvalue weighted by Gasteiger charge is -2.13. The van der Waals surface area contributed by atoms with E-state index in [9.17, 15) is 19.6 Å². The van der Waals surface area contributed by atoms with Crippen molar-refractivity contribution in [3.63, 3.8) is 0 Å². The van der Waals surface area contributed by atoms with Gasteiger partial charge in [-0.2, -0.15) is 5.26 Å². The fourth-order valence-corrected chi connectivity index (χ4v) is 3.85. The molecule has 0 atom stereocenters. The molecule has 4 rings (SSSR count). The van der Waals surface area contributed by atoms with Crippen LogP contribution in [0.1, 0.15) is 38.3 Å². The van der Waals surface area contributed by atoms with E-state index in [1.165, 1.54) is 14.2 Å². The zero-order valence-electron chi connectivity index (χ0n) is 19.7. The number of nitrogens with zero attached hydrogens (tertiary/aromatic N) is 2. The van der Waals surface area contributed by atoms with Gasteiger partial charge in [-0.3, -0.25) is 19.3 Å². The minimum Gasteiger partial charge on any atom is -0.493 e. The maximum Gasteiger partial charge on any atom is 0.312 e. The molecule has 0 aromatic heterocycles. The van der Waals surface area contributed by atoms with Crippen molar-refractivity contribution in [3.8, 4) is 23.3 Å². The van der Waals surface area contributed by atoms with Gasteiger partial charge in [0.2, 0.25) is 0 Å². The van der Waals surface area contributed by atoms with Gasteiger partial charge in [0, 0.05) is 6.54 Å². The number of carbonyl (C=O) groups excluding carboxylic acids is 3. The number of esters is 1. The third-order valence-corrected chi connectivity index (χ3v) is 5.63. The summed E-state index contributed by atoms with van der Waals surface area (Å²) in [6.07, 6.45) is 1.51. The van der Waals surface area contributed by atoms with Crippen molar-refractivity contribution < 1.29 is 28.6 Å². The average Bonchev–Trinajstić information content (AvgIpc) is 3.15. The van der Waals surface area contributed by atoms with E-state index in [-0.39, 0.29) is 18.7 Å². The van der Waals surface area contributed by atoms with Crippen LogP contribution >= 0.6 is 0 Å². The van der Waals surface area contributed by atoms with E-state index in [2.05, 4.69) is 6.07 Å². The SMILES string of the molecule is COc1ccc(/C(C#N)=C\c2cccc(OC(=O)CCN3C(=O)c4ccccc4C3=O)c2)cc1OC. The Labute approximate surface area is 207 Å². The summed E-state index contributed by atoms with van der Waals surface area (Å²) in [5.74, 6) is -0.108. The summed E-state index contributed by atoms with van der Waals surface area (Å²) in [6.45, 7) is -0.0807. The van der Waals surface area contributed by atoms with Crippen molar-refractivity contribution in [2.75, 3.05) is 20.8 Å². The zero-order valence-corrected chi connectivity index (χ0v) is 19.7. The van der Waals surface area contributed by atoms with Crippen LogP contribution in [0.2, 0.25) is 0 Å². The first kappa shape index (κ1) is 24.2. The number of methoxy groups -OCH3 is 2.